The van der Waals surface area contributed by atoms with Crippen LogP contribution in [0, 0.1) is 0 Å². The average Bonchev–Trinajstić information content (AvgIpc) is 3.06. The minimum atomic E-state index is -3.49. The molecule has 2 aromatic rings. The van der Waals surface area contributed by atoms with Crippen molar-refractivity contribution in [3.05, 3.63) is 46.7 Å². The molecule has 0 fully saturated rings. The van der Waals surface area contributed by atoms with Gasteiger partial charge in [0, 0.05) is 13.1 Å². The summed E-state index contributed by atoms with van der Waals surface area (Å²) in [6.45, 7) is 5.57. The molecular weight excluding hydrogens is 330 g/mol. The summed E-state index contributed by atoms with van der Waals surface area (Å²) < 4.78 is 32.8. The van der Waals surface area contributed by atoms with Crippen LogP contribution in [0.4, 0.5) is 0 Å². The SMILES string of the molecule is CCCOc1ccc(S(=O)(=O)N(CCC)Cc2ccsc2)cc1. The van der Waals surface area contributed by atoms with Gasteiger partial charge in [-0.15, -0.1) is 0 Å². The molecule has 0 aliphatic carbocycles. The maximum Gasteiger partial charge on any atom is 0.243 e. The fourth-order valence-electron chi connectivity index (χ4n) is 2.20. The summed E-state index contributed by atoms with van der Waals surface area (Å²) in [6.07, 6.45) is 1.70. The topological polar surface area (TPSA) is 46.6 Å². The van der Waals surface area contributed by atoms with E-state index < -0.39 is 10.0 Å². The summed E-state index contributed by atoms with van der Waals surface area (Å²) >= 11 is 1.58. The first kappa shape index (κ1) is 18.0. The summed E-state index contributed by atoms with van der Waals surface area (Å²) in [7, 11) is -3.49. The summed E-state index contributed by atoms with van der Waals surface area (Å²) in [6, 6.07) is 8.65. The van der Waals surface area contributed by atoms with Crippen LogP contribution in [-0.2, 0) is 16.6 Å². The molecule has 0 aliphatic rings. The van der Waals surface area contributed by atoms with Crippen molar-refractivity contribution in [2.75, 3.05) is 13.2 Å². The van der Waals surface area contributed by atoms with Gasteiger partial charge in [-0.1, -0.05) is 13.8 Å². The second-order valence-electron chi connectivity index (χ2n) is 5.29. The molecule has 0 radical (unpaired) electrons. The average molecular weight is 354 g/mol. The first-order chi connectivity index (χ1) is 11.1. The van der Waals surface area contributed by atoms with Gasteiger partial charge in [-0.3, -0.25) is 0 Å². The first-order valence-corrected chi connectivity index (χ1v) is 10.2. The number of hydrogen-bond donors (Lipinski definition) is 0. The Morgan fingerprint density at radius 1 is 1.09 bits per heavy atom. The van der Waals surface area contributed by atoms with E-state index in [0.717, 1.165) is 18.4 Å². The van der Waals surface area contributed by atoms with Gasteiger partial charge in [-0.25, -0.2) is 8.42 Å². The molecule has 23 heavy (non-hydrogen) atoms. The van der Waals surface area contributed by atoms with E-state index in [1.54, 1.807) is 35.6 Å². The van der Waals surface area contributed by atoms with E-state index in [2.05, 4.69) is 0 Å². The van der Waals surface area contributed by atoms with Gasteiger partial charge in [0.25, 0.3) is 0 Å². The lowest BCUT2D eigenvalue weighted by Gasteiger charge is -2.21. The third-order valence-electron chi connectivity index (χ3n) is 3.35. The molecule has 6 heteroatoms. The highest BCUT2D eigenvalue weighted by Gasteiger charge is 2.24. The predicted octanol–water partition coefficient (Wildman–Crippen LogP) is 4.14. The van der Waals surface area contributed by atoms with Crippen molar-refractivity contribution in [1.29, 1.82) is 0 Å². The fourth-order valence-corrected chi connectivity index (χ4v) is 4.38. The number of ether oxygens (including phenoxy) is 1. The quantitative estimate of drug-likeness (QED) is 0.681. The molecule has 4 nitrogen and oxygen atoms in total. The highest BCUT2D eigenvalue weighted by Crippen LogP contribution is 2.22. The third-order valence-corrected chi connectivity index (χ3v) is 5.94. The zero-order valence-corrected chi connectivity index (χ0v) is 15.2. The smallest absolute Gasteiger partial charge is 0.243 e. The predicted molar refractivity (Wildman–Crippen MR) is 94.4 cm³/mol. The Hall–Kier alpha value is -1.37. The molecular formula is C17H23NO3S2. The normalized spacial score (nSPS) is 11.8. The Kier molecular flexibility index (Phi) is 6.62. The number of sulfonamides is 1. The molecule has 126 valence electrons. The number of hydrogen-bond acceptors (Lipinski definition) is 4. The summed E-state index contributed by atoms with van der Waals surface area (Å²) in [5.41, 5.74) is 1.02. The Bertz CT molecular complexity index is 679. The zero-order chi connectivity index (χ0) is 16.7. The monoisotopic (exact) mass is 353 g/mol. The first-order valence-electron chi connectivity index (χ1n) is 7.82. The van der Waals surface area contributed by atoms with E-state index in [0.29, 0.717) is 30.3 Å². The van der Waals surface area contributed by atoms with Gasteiger partial charge < -0.3 is 4.74 Å². The van der Waals surface area contributed by atoms with E-state index in [4.69, 9.17) is 4.74 Å². The van der Waals surface area contributed by atoms with Gasteiger partial charge in [0.15, 0.2) is 0 Å². The van der Waals surface area contributed by atoms with Crippen LogP contribution in [0.3, 0.4) is 0 Å². The van der Waals surface area contributed by atoms with E-state index in [-0.39, 0.29) is 0 Å². The lowest BCUT2D eigenvalue weighted by atomic mass is 10.3. The molecule has 0 amide bonds. The van der Waals surface area contributed by atoms with Crippen LogP contribution >= 0.6 is 11.3 Å². The van der Waals surface area contributed by atoms with E-state index >= 15 is 0 Å². The van der Waals surface area contributed by atoms with Crippen molar-refractivity contribution >= 4 is 21.4 Å². The molecule has 0 aliphatic heterocycles. The number of benzene rings is 1. The van der Waals surface area contributed by atoms with Crippen molar-refractivity contribution < 1.29 is 13.2 Å². The largest absolute Gasteiger partial charge is 0.494 e. The molecule has 1 aromatic heterocycles. The Morgan fingerprint density at radius 2 is 1.83 bits per heavy atom. The lowest BCUT2D eigenvalue weighted by molar-refractivity contribution is 0.317. The molecule has 0 unspecified atom stereocenters. The fraction of sp³-hybridized carbons (Fsp3) is 0.412. The number of thiophene rings is 1. The highest BCUT2D eigenvalue weighted by molar-refractivity contribution is 7.89. The van der Waals surface area contributed by atoms with Gasteiger partial charge in [0.05, 0.1) is 11.5 Å². The van der Waals surface area contributed by atoms with Crippen LogP contribution in [0.25, 0.3) is 0 Å². The minimum absolute atomic E-state index is 0.310. The molecule has 0 saturated carbocycles. The zero-order valence-electron chi connectivity index (χ0n) is 13.6. The van der Waals surface area contributed by atoms with E-state index in [1.165, 1.54) is 4.31 Å². The van der Waals surface area contributed by atoms with Crippen LogP contribution < -0.4 is 4.74 Å². The third kappa shape index (κ3) is 4.80. The second kappa shape index (κ2) is 8.47. The Labute approximate surface area is 142 Å². The molecule has 1 aromatic carbocycles. The maximum atomic E-state index is 12.9. The van der Waals surface area contributed by atoms with Crippen molar-refractivity contribution in [3.8, 4) is 5.75 Å². The lowest BCUT2D eigenvalue weighted by Crippen LogP contribution is -2.31. The summed E-state index contributed by atoms with van der Waals surface area (Å²) in [4.78, 5) is 0.310. The van der Waals surface area contributed by atoms with E-state index in [9.17, 15) is 8.42 Å². The van der Waals surface area contributed by atoms with Crippen molar-refractivity contribution in [1.82, 2.24) is 4.31 Å². The summed E-state index contributed by atoms with van der Waals surface area (Å²) in [5, 5.41) is 3.95. The van der Waals surface area contributed by atoms with Crippen molar-refractivity contribution in [3.63, 3.8) is 0 Å². The Balaban J connectivity index is 2.19. The summed E-state index contributed by atoms with van der Waals surface area (Å²) in [5.74, 6) is 0.700. The molecule has 1 heterocycles. The van der Waals surface area contributed by atoms with Gasteiger partial charge in [-0.2, -0.15) is 15.6 Å². The maximum absolute atomic E-state index is 12.9. The van der Waals surface area contributed by atoms with Crippen LogP contribution in [-0.4, -0.2) is 25.9 Å². The molecule has 0 saturated heterocycles. The van der Waals surface area contributed by atoms with Crippen LogP contribution in [0.1, 0.15) is 32.3 Å². The molecule has 0 N–H and O–H groups in total. The van der Waals surface area contributed by atoms with Gasteiger partial charge >= 0.3 is 0 Å². The second-order valence-corrected chi connectivity index (χ2v) is 8.01. The molecule has 0 atom stereocenters. The van der Waals surface area contributed by atoms with Crippen LogP contribution in [0.5, 0.6) is 5.75 Å². The standard InChI is InChI=1S/C17H23NO3S2/c1-3-10-18(13-15-9-12-22-14-15)23(19,20)17-7-5-16(6-8-17)21-11-4-2/h5-9,12,14H,3-4,10-11,13H2,1-2H3. The highest BCUT2D eigenvalue weighted by atomic mass is 32.2. The van der Waals surface area contributed by atoms with Crippen LogP contribution in [0.2, 0.25) is 0 Å². The van der Waals surface area contributed by atoms with Crippen molar-refractivity contribution in [2.45, 2.75) is 38.1 Å². The van der Waals surface area contributed by atoms with Gasteiger partial charge in [0.1, 0.15) is 5.75 Å². The van der Waals surface area contributed by atoms with E-state index in [1.807, 2.05) is 30.7 Å². The van der Waals surface area contributed by atoms with Gasteiger partial charge in [-0.05, 0) is 59.5 Å². The molecule has 0 bridgehead atoms. The van der Waals surface area contributed by atoms with Gasteiger partial charge in [0.2, 0.25) is 10.0 Å². The van der Waals surface area contributed by atoms with Crippen LogP contribution in [0.15, 0.2) is 46.0 Å². The number of nitrogens with zero attached hydrogens (tertiary/aromatic N) is 1. The number of rotatable bonds is 9. The molecule has 2 rings (SSSR count). The minimum Gasteiger partial charge on any atom is -0.494 e. The Morgan fingerprint density at radius 3 is 2.39 bits per heavy atom. The molecule has 0 spiro atoms. The van der Waals surface area contributed by atoms with Crippen molar-refractivity contribution in [2.24, 2.45) is 0 Å².